The summed E-state index contributed by atoms with van der Waals surface area (Å²) < 4.78 is 52.6. The van der Waals surface area contributed by atoms with Gasteiger partial charge >= 0.3 is 6.97 Å². The second kappa shape index (κ2) is 19.0. The lowest BCUT2D eigenvalue weighted by atomic mass is 9.89. The van der Waals surface area contributed by atoms with E-state index < -0.39 is 6.97 Å². The highest BCUT2D eigenvalue weighted by Gasteiger charge is 2.52. The van der Waals surface area contributed by atoms with Crippen molar-refractivity contribution < 1.29 is 41.7 Å². The molecular weight excluding hydrogens is 841 g/mol. The number of amides is 2. The van der Waals surface area contributed by atoms with Crippen molar-refractivity contribution in [2.24, 2.45) is 0 Å². The predicted octanol–water partition coefficient (Wildman–Crippen LogP) is 6.38. The minimum absolute atomic E-state index is 0.00554. The van der Waals surface area contributed by atoms with E-state index in [1.165, 1.54) is 18.3 Å². The van der Waals surface area contributed by atoms with Crippen molar-refractivity contribution in [3.63, 3.8) is 0 Å². The Morgan fingerprint density at radius 1 is 0.969 bits per heavy atom. The number of pyridine rings is 1. The third kappa shape index (κ3) is 9.44. The van der Waals surface area contributed by atoms with Crippen LogP contribution in [0, 0.1) is 6.92 Å². The summed E-state index contributed by atoms with van der Waals surface area (Å²) in [6.07, 6.45) is 5.43. The van der Waals surface area contributed by atoms with Gasteiger partial charge in [0.25, 0.3) is 5.91 Å². The molecule has 0 saturated carbocycles. The molecule has 7 heterocycles. The van der Waals surface area contributed by atoms with E-state index in [9.17, 15) is 14.4 Å². The molecule has 1 fully saturated rings. The van der Waals surface area contributed by atoms with Gasteiger partial charge in [-0.2, -0.15) is 5.10 Å². The Kier molecular flexibility index (Phi) is 13.3. The Labute approximate surface area is 374 Å². The van der Waals surface area contributed by atoms with Crippen LogP contribution in [0.5, 0.6) is 5.75 Å². The molecule has 64 heavy (non-hydrogen) atoms. The zero-order valence-electron chi connectivity index (χ0n) is 36.8. The quantitative estimate of drug-likeness (QED) is 0.0605. The number of aryl methyl sites for hydroxylation is 2. The molecule has 4 aromatic heterocycles. The zero-order chi connectivity index (χ0) is 45.1. The summed E-state index contributed by atoms with van der Waals surface area (Å²) in [4.78, 5) is 48.1. The Morgan fingerprint density at radius 3 is 2.53 bits per heavy atom. The molecule has 0 spiro atoms. The molecule has 1 saturated heterocycles. The molecule has 1 aromatic carbocycles. The number of thiophene rings is 1. The maximum atomic E-state index is 15.6. The average molecular weight is 895 g/mol. The van der Waals surface area contributed by atoms with E-state index in [0.29, 0.717) is 105 Å². The Bertz CT molecular complexity index is 2670. The van der Waals surface area contributed by atoms with Crippen molar-refractivity contribution in [1.29, 1.82) is 0 Å². The molecule has 1 atom stereocenters. The number of nitrogens with zero attached hydrogens (tertiary/aromatic N) is 7. The number of carbonyl (C=O) groups excluding carboxylic acids is 3. The van der Waals surface area contributed by atoms with Gasteiger partial charge in [0, 0.05) is 86.1 Å². The molecule has 18 heteroatoms. The number of allylic oxidation sites excluding steroid dienone is 2. The van der Waals surface area contributed by atoms with Gasteiger partial charge in [-0.3, -0.25) is 19.1 Å². The van der Waals surface area contributed by atoms with Crippen LogP contribution in [-0.2, 0) is 27.2 Å². The highest BCUT2D eigenvalue weighted by atomic mass is 32.1. The van der Waals surface area contributed by atoms with Gasteiger partial charge in [-0.25, -0.2) is 4.98 Å². The topological polar surface area (TPSA) is 136 Å². The summed E-state index contributed by atoms with van der Waals surface area (Å²) in [5.41, 5.74) is 5.16. The number of anilines is 1. The third-order valence-electron chi connectivity index (χ3n) is 11.9. The van der Waals surface area contributed by atoms with Crippen molar-refractivity contribution in [3.8, 4) is 5.75 Å². The smallest absolute Gasteiger partial charge is 0.491 e. The highest BCUT2D eigenvalue weighted by molar-refractivity contribution is 7.20. The Hall–Kier alpha value is -5.98. The molecule has 0 radical (unpaired) electrons. The van der Waals surface area contributed by atoms with Gasteiger partial charge in [0.15, 0.2) is 11.5 Å². The number of aromatic nitrogens is 4. The van der Waals surface area contributed by atoms with Crippen LogP contribution in [0.15, 0.2) is 78.1 Å². The zero-order valence-corrected chi connectivity index (χ0v) is 37.6. The summed E-state index contributed by atoms with van der Waals surface area (Å²) in [6.45, 7) is 9.32. The molecule has 5 aromatic rings. The first-order valence-corrected chi connectivity index (χ1v) is 22.5. The van der Waals surface area contributed by atoms with Crippen LogP contribution in [0.2, 0.25) is 0 Å². The van der Waals surface area contributed by atoms with E-state index in [-0.39, 0.29) is 36.5 Å². The van der Waals surface area contributed by atoms with E-state index in [1.807, 2.05) is 59.8 Å². The number of nitrogens with one attached hydrogen (secondary N) is 1. The standard InChI is InChI=1S/C46H53BF2N8O6S/c1-30-23-31(2)56-41(30)25-38-11-10-37(57(38)47(56,48)49)12-14-44(59)50-15-18-61-19-20-62-21-22-63-39-8-6-7-35(24-39)29-55-46-40(33(4)52-55)26-42(64-46)45(60)53-16-17-54(32(3)28-53)43-13-9-36(27-51-43)34(5)58/h6-11,13,23-27,32H,12,14-22,28-29H2,1-5H3,(H,50,59)/t32-/m1/s1. The Morgan fingerprint density at radius 2 is 1.77 bits per heavy atom. The van der Waals surface area contributed by atoms with Crippen molar-refractivity contribution >= 4 is 63.7 Å². The van der Waals surface area contributed by atoms with Gasteiger partial charge in [0.05, 0.1) is 43.5 Å². The number of halogens is 2. The lowest BCUT2D eigenvalue weighted by Gasteiger charge is -2.40. The van der Waals surface area contributed by atoms with E-state index >= 15 is 8.63 Å². The second-order valence-electron chi connectivity index (χ2n) is 16.5. The molecule has 3 aliphatic heterocycles. The summed E-state index contributed by atoms with van der Waals surface area (Å²) in [5, 5.41) is 8.55. The van der Waals surface area contributed by atoms with E-state index in [1.54, 1.807) is 43.5 Å². The van der Waals surface area contributed by atoms with Gasteiger partial charge < -0.3 is 46.9 Å². The number of ether oxygens (including phenoxy) is 3. The lowest BCUT2D eigenvalue weighted by Crippen LogP contribution is -2.54. The normalized spacial score (nSPS) is 16.8. The van der Waals surface area contributed by atoms with Crippen LogP contribution >= 0.6 is 11.3 Å². The number of piperazine rings is 1. The molecule has 8 rings (SSSR count). The monoisotopic (exact) mass is 894 g/mol. The fourth-order valence-electron chi connectivity index (χ4n) is 8.66. The van der Waals surface area contributed by atoms with Crippen molar-refractivity contribution in [1.82, 2.24) is 29.5 Å². The van der Waals surface area contributed by atoms with Gasteiger partial charge in [-0.05, 0) is 87.8 Å². The average Bonchev–Trinajstić information content (AvgIpc) is 4.04. The summed E-state index contributed by atoms with van der Waals surface area (Å²) in [5.74, 6) is 1.26. The molecular formula is C46H53BF2N8O6S. The second-order valence-corrected chi connectivity index (χ2v) is 17.5. The minimum atomic E-state index is -4.05. The molecule has 3 aliphatic rings. The van der Waals surface area contributed by atoms with Crippen molar-refractivity contribution in [3.05, 3.63) is 111 Å². The van der Waals surface area contributed by atoms with Crippen LogP contribution in [0.1, 0.15) is 76.8 Å². The van der Waals surface area contributed by atoms with E-state index in [4.69, 9.17) is 19.3 Å². The molecule has 336 valence electrons. The summed E-state index contributed by atoms with van der Waals surface area (Å²) >= 11 is 1.46. The largest absolute Gasteiger partial charge is 0.737 e. The van der Waals surface area contributed by atoms with Crippen LogP contribution in [0.3, 0.4) is 0 Å². The highest BCUT2D eigenvalue weighted by Crippen LogP contribution is 2.36. The first-order chi connectivity index (χ1) is 30.8. The van der Waals surface area contributed by atoms with Crippen LogP contribution in [0.25, 0.3) is 16.3 Å². The number of Topliss-reactive ketones (excluding diaryl/α,β-unsaturated/α-hetero) is 1. The SMILES string of the molecule is CC(=O)c1ccc(N2CCN(C(=O)c3cc4c(C)nn(Cc5cccc(OCCOCCOCCNC(=O)CCc6ccc7n6[B-](F)(F)[N+]6=C(C)C=C(C)C6=C7)c5)c4s3)C[C@H]2C)nc1. The number of carbonyl (C=O) groups is 3. The number of rotatable bonds is 18. The van der Waals surface area contributed by atoms with Crippen LogP contribution in [0.4, 0.5) is 14.4 Å². The van der Waals surface area contributed by atoms with Crippen LogP contribution in [-0.4, -0.2) is 124 Å². The molecule has 0 bridgehead atoms. The molecule has 0 unspecified atom stereocenters. The molecule has 0 aliphatic carbocycles. The van der Waals surface area contributed by atoms with Gasteiger partial charge in [-0.1, -0.05) is 12.1 Å². The maximum Gasteiger partial charge on any atom is 0.737 e. The first kappa shape index (κ1) is 44.6. The number of benzene rings is 1. The maximum absolute atomic E-state index is 15.6. The fourth-order valence-corrected chi connectivity index (χ4v) is 9.79. The molecule has 1 N–H and O–H groups in total. The fraction of sp³-hybridized carbons (Fsp3) is 0.391. The van der Waals surface area contributed by atoms with Crippen molar-refractivity contribution in [2.45, 2.75) is 60.0 Å². The summed E-state index contributed by atoms with van der Waals surface area (Å²) in [7, 11) is 0. The number of fused-ring (bicyclic) bond motifs is 3. The lowest BCUT2D eigenvalue weighted by molar-refractivity contribution is -0.362. The molecule has 2 amide bonds. The van der Waals surface area contributed by atoms with E-state index in [0.717, 1.165) is 41.8 Å². The predicted molar refractivity (Wildman–Crippen MR) is 244 cm³/mol. The van der Waals surface area contributed by atoms with E-state index in [2.05, 4.69) is 22.1 Å². The number of hydrogen-bond acceptors (Lipinski definition) is 10. The Balaban J connectivity index is 0.722. The molecule has 14 nitrogen and oxygen atoms in total. The van der Waals surface area contributed by atoms with Gasteiger partial charge in [0.1, 0.15) is 28.7 Å². The third-order valence-corrected chi connectivity index (χ3v) is 13.0. The van der Waals surface area contributed by atoms with Gasteiger partial charge in [-0.15, -0.1) is 11.3 Å². The summed E-state index contributed by atoms with van der Waals surface area (Å²) in [6, 6.07) is 16.9. The van der Waals surface area contributed by atoms with Crippen molar-refractivity contribution in [2.75, 3.05) is 64.1 Å². The van der Waals surface area contributed by atoms with Crippen LogP contribution < -0.4 is 15.0 Å². The number of hydrogen-bond donors (Lipinski definition) is 1. The number of ketones is 1. The van der Waals surface area contributed by atoms with Gasteiger partial charge in [0.2, 0.25) is 5.91 Å². The first-order valence-electron chi connectivity index (χ1n) is 21.7. The minimum Gasteiger partial charge on any atom is -0.491 e.